The summed E-state index contributed by atoms with van der Waals surface area (Å²) in [6, 6.07) is 32.0. The molecule has 38 heavy (non-hydrogen) atoms. The van der Waals surface area contributed by atoms with Gasteiger partial charge in [0.25, 0.3) is 5.91 Å². The number of para-hydroxylation sites is 2. The largest absolute Gasteiger partial charge is 0.377 e. The standard InChI is InChI=1S/C34H31N3O/c1-2-37-30-17-7-6-12-25(30)29-20-23(18-19-31(29)37)32-26-14-8-13-24(26)27-15-9-16-28(33(27)36-32)34(38)35-21-22-10-4-3-5-11-22/h3-13,15-20,24,26,32,36H,2,14,21H2,1H3,(H,35,38). The average molecular weight is 498 g/mol. The molecule has 7 rings (SSSR count). The smallest absolute Gasteiger partial charge is 0.253 e. The Morgan fingerprint density at radius 2 is 1.74 bits per heavy atom. The Hall–Kier alpha value is -4.31. The van der Waals surface area contributed by atoms with Gasteiger partial charge in [0.15, 0.2) is 0 Å². The summed E-state index contributed by atoms with van der Waals surface area (Å²) in [5.74, 6) is 0.673. The molecule has 0 saturated carbocycles. The van der Waals surface area contributed by atoms with E-state index >= 15 is 0 Å². The first-order chi connectivity index (χ1) is 18.7. The van der Waals surface area contributed by atoms with Crippen LogP contribution in [0.25, 0.3) is 21.8 Å². The number of carbonyl (C=O) groups is 1. The second-order valence-corrected chi connectivity index (χ2v) is 10.5. The highest BCUT2D eigenvalue weighted by Gasteiger charge is 2.39. The SMILES string of the molecule is CCn1c2ccccc2c2cc(C3Nc4c(C(=O)NCc5ccccc5)cccc4C4C=CCC43)ccc21. The number of allylic oxidation sites excluding steroid dienone is 2. The highest BCUT2D eigenvalue weighted by atomic mass is 16.1. The lowest BCUT2D eigenvalue weighted by Crippen LogP contribution is -2.32. The Kier molecular flexibility index (Phi) is 5.54. The molecule has 1 aliphatic heterocycles. The van der Waals surface area contributed by atoms with Gasteiger partial charge in [-0.2, -0.15) is 0 Å². The van der Waals surface area contributed by atoms with Gasteiger partial charge in [-0.25, -0.2) is 0 Å². The van der Waals surface area contributed by atoms with E-state index in [-0.39, 0.29) is 11.9 Å². The third kappa shape index (κ3) is 3.63. The zero-order chi connectivity index (χ0) is 25.6. The Morgan fingerprint density at radius 3 is 2.61 bits per heavy atom. The number of hydrogen-bond acceptors (Lipinski definition) is 2. The Labute approximate surface area is 223 Å². The molecule has 0 fully saturated rings. The summed E-state index contributed by atoms with van der Waals surface area (Å²) in [7, 11) is 0. The van der Waals surface area contributed by atoms with Crippen molar-refractivity contribution in [2.45, 2.75) is 38.4 Å². The Morgan fingerprint density at radius 1 is 0.921 bits per heavy atom. The normalized spacial score (nSPS) is 19.8. The minimum atomic E-state index is -0.0427. The fraction of sp³-hybridized carbons (Fsp3) is 0.206. The van der Waals surface area contributed by atoms with Crippen LogP contribution < -0.4 is 10.6 Å². The number of nitrogens with zero attached hydrogens (tertiary/aromatic N) is 1. The van der Waals surface area contributed by atoms with E-state index in [4.69, 9.17) is 0 Å². The van der Waals surface area contributed by atoms with E-state index in [9.17, 15) is 4.79 Å². The number of carbonyl (C=O) groups excluding carboxylic acids is 1. The Balaban J connectivity index is 1.28. The monoisotopic (exact) mass is 497 g/mol. The maximum absolute atomic E-state index is 13.4. The number of nitrogens with one attached hydrogen (secondary N) is 2. The van der Waals surface area contributed by atoms with Gasteiger partial charge in [0, 0.05) is 40.8 Å². The fourth-order valence-electron chi connectivity index (χ4n) is 6.62. The van der Waals surface area contributed by atoms with Crippen LogP contribution in [0.3, 0.4) is 0 Å². The molecule has 1 amide bonds. The van der Waals surface area contributed by atoms with E-state index in [0.29, 0.717) is 23.9 Å². The third-order valence-electron chi connectivity index (χ3n) is 8.41. The molecule has 5 aromatic rings. The number of fused-ring (bicyclic) bond motifs is 6. The molecule has 188 valence electrons. The van der Waals surface area contributed by atoms with Crippen LogP contribution in [0.1, 0.15) is 52.4 Å². The van der Waals surface area contributed by atoms with Crippen LogP contribution in [0.2, 0.25) is 0 Å². The van der Waals surface area contributed by atoms with Crippen LogP contribution in [0.15, 0.2) is 103 Å². The molecule has 2 N–H and O–H groups in total. The third-order valence-corrected chi connectivity index (χ3v) is 8.41. The van der Waals surface area contributed by atoms with Crippen molar-refractivity contribution in [3.63, 3.8) is 0 Å². The van der Waals surface area contributed by atoms with Crippen molar-refractivity contribution < 1.29 is 4.79 Å². The summed E-state index contributed by atoms with van der Waals surface area (Å²) < 4.78 is 2.40. The topological polar surface area (TPSA) is 46.1 Å². The summed E-state index contributed by atoms with van der Waals surface area (Å²) in [6.45, 7) is 3.66. The minimum absolute atomic E-state index is 0.0427. The van der Waals surface area contributed by atoms with Crippen molar-refractivity contribution in [1.82, 2.24) is 9.88 Å². The number of hydrogen-bond donors (Lipinski definition) is 2. The first kappa shape index (κ1) is 22.9. The van der Waals surface area contributed by atoms with Gasteiger partial charge in [0.2, 0.25) is 0 Å². The quantitative estimate of drug-likeness (QED) is 0.246. The highest BCUT2D eigenvalue weighted by molar-refractivity contribution is 6.08. The summed E-state index contributed by atoms with van der Waals surface area (Å²) in [5, 5.41) is 9.58. The average Bonchev–Trinajstić information content (AvgIpc) is 3.59. The van der Waals surface area contributed by atoms with Gasteiger partial charge in [-0.3, -0.25) is 4.79 Å². The molecule has 0 bridgehead atoms. The van der Waals surface area contributed by atoms with Gasteiger partial charge in [-0.05, 0) is 60.2 Å². The lowest BCUT2D eigenvalue weighted by Gasteiger charge is -2.38. The number of benzene rings is 4. The number of amides is 1. The predicted molar refractivity (Wildman–Crippen MR) is 156 cm³/mol. The molecule has 0 spiro atoms. The van der Waals surface area contributed by atoms with Crippen molar-refractivity contribution in [1.29, 1.82) is 0 Å². The first-order valence-corrected chi connectivity index (χ1v) is 13.6. The van der Waals surface area contributed by atoms with Gasteiger partial charge >= 0.3 is 0 Å². The summed E-state index contributed by atoms with van der Waals surface area (Å²) >= 11 is 0. The maximum Gasteiger partial charge on any atom is 0.253 e. The predicted octanol–water partition coefficient (Wildman–Crippen LogP) is 7.57. The number of aryl methyl sites for hydroxylation is 1. The summed E-state index contributed by atoms with van der Waals surface area (Å²) in [6.07, 6.45) is 5.67. The molecule has 1 aliphatic carbocycles. The van der Waals surface area contributed by atoms with E-state index in [2.05, 4.69) is 82.8 Å². The molecule has 2 heterocycles. The van der Waals surface area contributed by atoms with Crippen LogP contribution in [0, 0.1) is 5.92 Å². The van der Waals surface area contributed by atoms with Gasteiger partial charge < -0.3 is 15.2 Å². The summed E-state index contributed by atoms with van der Waals surface area (Å²) in [5.41, 5.74) is 7.82. The van der Waals surface area contributed by atoms with E-state index in [1.165, 1.54) is 32.9 Å². The molecule has 1 aromatic heterocycles. The van der Waals surface area contributed by atoms with Gasteiger partial charge in [0.05, 0.1) is 17.3 Å². The van der Waals surface area contributed by atoms with Crippen LogP contribution in [-0.4, -0.2) is 10.5 Å². The second kappa shape index (κ2) is 9.21. The van der Waals surface area contributed by atoms with Crippen molar-refractivity contribution >= 4 is 33.4 Å². The zero-order valence-corrected chi connectivity index (χ0v) is 21.5. The molecule has 4 nitrogen and oxygen atoms in total. The lowest BCUT2D eigenvalue weighted by atomic mass is 9.76. The van der Waals surface area contributed by atoms with Crippen molar-refractivity contribution in [3.8, 4) is 0 Å². The van der Waals surface area contributed by atoms with Crippen LogP contribution in [0.4, 0.5) is 5.69 Å². The number of anilines is 1. The second-order valence-electron chi connectivity index (χ2n) is 10.5. The molecule has 3 atom stereocenters. The lowest BCUT2D eigenvalue weighted by molar-refractivity contribution is 0.0951. The number of aromatic nitrogens is 1. The van der Waals surface area contributed by atoms with Crippen molar-refractivity contribution in [2.75, 3.05) is 5.32 Å². The molecule has 4 heteroatoms. The van der Waals surface area contributed by atoms with Crippen molar-refractivity contribution in [3.05, 3.63) is 125 Å². The van der Waals surface area contributed by atoms with E-state index in [0.717, 1.165) is 24.2 Å². The molecular formula is C34H31N3O. The first-order valence-electron chi connectivity index (χ1n) is 13.6. The minimum Gasteiger partial charge on any atom is -0.377 e. The molecule has 2 aliphatic rings. The molecule has 4 aromatic carbocycles. The highest BCUT2D eigenvalue weighted by Crippen LogP contribution is 2.51. The molecule has 3 unspecified atom stereocenters. The van der Waals surface area contributed by atoms with Gasteiger partial charge in [-0.1, -0.05) is 78.9 Å². The van der Waals surface area contributed by atoms with E-state index < -0.39 is 0 Å². The number of rotatable bonds is 5. The van der Waals surface area contributed by atoms with E-state index in [1.54, 1.807) is 0 Å². The van der Waals surface area contributed by atoms with Crippen LogP contribution >= 0.6 is 0 Å². The molecular weight excluding hydrogens is 466 g/mol. The van der Waals surface area contributed by atoms with Crippen LogP contribution in [-0.2, 0) is 13.1 Å². The van der Waals surface area contributed by atoms with Gasteiger partial charge in [0.1, 0.15) is 0 Å². The van der Waals surface area contributed by atoms with Gasteiger partial charge in [-0.15, -0.1) is 0 Å². The summed E-state index contributed by atoms with van der Waals surface area (Å²) in [4.78, 5) is 13.4. The molecule has 0 radical (unpaired) electrons. The fourth-order valence-corrected chi connectivity index (χ4v) is 6.62. The van der Waals surface area contributed by atoms with Crippen LogP contribution in [0.5, 0.6) is 0 Å². The Bertz CT molecular complexity index is 1700. The zero-order valence-electron chi connectivity index (χ0n) is 21.5. The maximum atomic E-state index is 13.4. The van der Waals surface area contributed by atoms with Crippen molar-refractivity contribution in [2.24, 2.45) is 5.92 Å². The van der Waals surface area contributed by atoms with E-state index in [1.807, 2.05) is 42.5 Å². The molecule has 0 saturated heterocycles.